The minimum absolute atomic E-state index is 0.440. The zero-order chi connectivity index (χ0) is 13.0. The highest BCUT2D eigenvalue weighted by atomic mass is 19.1. The van der Waals surface area contributed by atoms with Crippen molar-refractivity contribution in [1.82, 2.24) is 5.32 Å². The van der Waals surface area contributed by atoms with E-state index in [0.717, 1.165) is 19.1 Å². The maximum atomic E-state index is 13.4. The molecule has 2 N–H and O–H groups in total. The molecular formula is C11H11F2NO3. The topological polar surface area (TPSA) is 66.4 Å². The van der Waals surface area contributed by atoms with Gasteiger partial charge >= 0.3 is 5.97 Å². The summed E-state index contributed by atoms with van der Waals surface area (Å²) < 4.78 is 26.8. The van der Waals surface area contributed by atoms with Crippen molar-refractivity contribution in [3.05, 3.63) is 35.4 Å². The first-order valence-electron chi connectivity index (χ1n) is 4.84. The van der Waals surface area contributed by atoms with Crippen LogP contribution in [0.15, 0.2) is 18.2 Å². The number of carboxylic acid groups (broad SMARTS) is 1. The van der Waals surface area contributed by atoms with Crippen molar-refractivity contribution < 1.29 is 23.5 Å². The molecule has 1 rings (SSSR count). The first-order chi connectivity index (χ1) is 7.91. The van der Waals surface area contributed by atoms with Crippen molar-refractivity contribution >= 4 is 11.9 Å². The molecule has 0 saturated heterocycles. The third-order valence-corrected chi connectivity index (χ3v) is 2.10. The summed E-state index contributed by atoms with van der Waals surface area (Å²) >= 11 is 0. The van der Waals surface area contributed by atoms with Gasteiger partial charge in [0.05, 0.1) is 12.5 Å². The fourth-order valence-electron chi connectivity index (χ4n) is 1.49. The number of carbonyl (C=O) groups is 2. The molecule has 1 amide bonds. The van der Waals surface area contributed by atoms with E-state index in [1.54, 1.807) is 0 Å². The average Bonchev–Trinajstić information content (AvgIpc) is 2.14. The number of rotatable bonds is 4. The van der Waals surface area contributed by atoms with Crippen LogP contribution in [0.5, 0.6) is 0 Å². The summed E-state index contributed by atoms with van der Waals surface area (Å²) in [6, 6.07) is 1.97. The highest BCUT2D eigenvalue weighted by Crippen LogP contribution is 2.23. The second kappa shape index (κ2) is 5.38. The van der Waals surface area contributed by atoms with E-state index in [-0.39, 0.29) is 0 Å². The van der Waals surface area contributed by atoms with Gasteiger partial charge in [0.1, 0.15) is 11.6 Å². The number of halogens is 2. The van der Waals surface area contributed by atoms with Crippen LogP contribution in [0.1, 0.15) is 24.9 Å². The van der Waals surface area contributed by atoms with Gasteiger partial charge in [-0.3, -0.25) is 9.59 Å². The molecule has 0 aliphatic carbocycles. The molecule has 0 heterocycles. The van der Waals surface area contributed by atoms with Crippen LogP contribution in [0, 0.1) is 11.6 Å². The number of carboxylic acids is 1. The third-order valence-electron chi connectivity index (χ3n) is 2.10. The van der Waals surface area contributed by atoms with Crippen LogP contribution in [0.4, 0.5) is 8.78 Å². The molecular weight excluding hydrogens is 232 g/mol. The summed E-state index contributed by atoms with van der Waals surface area (Å²) in [4.78, 5) is 21.5. The standard InChI is InChI=1S/C11H11F2NO3/c1-6(15)14-9(5-10(16)17)11-7(12)3-2-4-8(11)13/h2-4,9H,5H2,1H3,(H,14,15)(H,16,17)/t9-/m1/s1. The van der Waals surface area contributed by atoms with Crippen molar-refractivity contribution in [3.8, 4) is 0 Å². The van der Waals surface area contributed by atoms with Crippen molar-refractivity contribution in [2.45, 2.75) is 19.4 Å². The molecule has 0 aliphatic heterocycles. The van der Waals surface area contributed by atoms with Gasteiger partial charge in [0, 0.05) is 12.5 Å². The predicted molar refractivity (Wildman–Crippen MR) is 55.2 cm³/mol. The Labute approximate surface area is 96.3 Å². The van der Waals surface area contributed by atoms with Gasteiger partial charge in [0.2, 0.25) is 5.91 Å². The van der Waals surface area contributed by atoms with Crippen LogP contribution < -0.4 is 5.32 Å². The van der Waals surface area contributed by atoms with Crippen molar-refractivity contribution in [2.75, 3.05) is 0 Å². The first-order valence-corrected chi connectivity index (χ1v) is 4.84. The van der Waals surface area contributed by atoms with Crippen LogP contribution >= 0.6 is 0 Å². The van der Waals surface area contributed by atoms with Gasteiger partial charge in [0.15, 0.2) is 0 Å². The number of amides is 1. The first kappa shape index (κ1) is 13.1. The molecule has 4 nitrogen and oxygen atoms in total. The average molecular weight is 243 g/mol. The van der Waals surface area contributed by atoms with E-state index in [0.29, 0.717) is 0 Å². The molecule has 6 heteroatoms. The van der Waals surface area contributed by atoms with E-state index in [9.17, 15) is 18.4 Å². The van der Waals surface area contributed by atoms with Crippen LogP contribution in [-0.2, 0) is 9.59 Å². The molecule has 1 aromatic rings. The minimum atomic E-state index is -1.26. The minimum Gasteiger partial charge on any atom is -0.481 e. The Bertz CT molecular complexity index is 412. The summed E-state index contributed by atoms with van der Waals surface area (Å²) in [5.74, 6) is -3.58. The zero-order valence-electron chi connectivity index (χ0n) is 9.04. The molecule has 0 fully saturated rings. The van der Waals surface area contributed by atoms with Gasteiger partial charge in [-0.1, -0.05) is 6.07 Å². The van der Waals surface area contributed by atoms with Crippen molar-refractivity contribution in [1.29, 1.82) is 0 Å². The molecule has 1 atom stereocenters. The van der Waals surface area contributed by atoms with Crippen molar-refractivity contribution in [3.63, 3.8) is 0 Å². The largest absolute Gasteiger partial charge is 0.481 e. The third kappa shape index (κ3) is 3.51. The van der Waals surface area contributed by atoms with Crippen LogP contribution in [0.25, 0.3) is 0 Å². The highest BCUT2D eigenvalue weighted by Gasteiger charge is 2.23. The summed E-state index contributed by atoms with van der Waals surface area (Å²) in [6.45, 7) is 1.15. The quantitative estimate of drug-likeness (QED) is 0.844. The Kier molecular flexibility index (Phi) is 4.14. The van der Waals surface area contributed by atoms with E-state index in [1.807, 2.05) is 0 Å². The predicted octanol–water partition coefficient (Wildman–Crippen LogP) is 1.62. The highest BCUT2D eigenvalue weighted by molar-refractivity contribution is 5.75. The van der Waals surface area contributed by atoms with Crippen LogP contribution in [-0.4, -0.2) is 17.0 Å². The molecule has 0 aromatic heterocycles. The maximum Gasteiger partial charge on any atom is 0.305 e. The Morgan fingerprint density at radius 1 is 1.35 bits per heavy atom. The summed E-state index contributed by atoms with van der Waals surface area (Å²) in [6.07, 6.45) is -0.586. The maximum absolute atomic E-state index is 13.4. The zero-order valence-corrected chi connectivity index (χ0v) is 9.04. The van der Waals surface area contributed by atoms with Gasteiger partial charge in [-0.2, -0.15) is 0 Å². The lowest BCUT2D eigenvalue weighted by atomic mass is 10.0. The lowest BCUT2D eigenvalue weighted by Crippen LogP contribution is -2.29. The normalized spacial score (nSPS) is 11.9. The lowest BCUT2D eigenvalue weighted by molar-refractivity contribution is -0.137. The Balaban J connectivity index is 3.11. The van der Waals surface area contributed by atoms with E-state index in [2.05, 4.69) is 5.32 Å². The van der Waals surface area contributed by atoms with E-state index in [4.69, 9.17) is 5.11 Å². The lowest BCUT2D eigenvalue weighted by Gasteiger charge is -2.17. The number of carbonyl (C=O) groups excluding carboxylic acids is 1. The Hall–Kier alpha value is -1.98. The Morgan fingerprint density at radius 2 is 1.88 bits per heavy atom. The summed E-state index contributed by atoms with van der Waals surface area (Å²) in [5.41, 5.74) is -0.440. The molecule has 0 spiro atoms. The van der Waals surface area contributed by atoms with Crippen LogP contribution in [0.3, 0.4) is 0 Å². The summed E-state index contributed by atoms with van der Waals surface area (Å²) in [7, 11) is 0. The SMILES string of the molecule is CC(=O)N[C@H](CC(=O)O)c1c(F)cccc1F. The molecule has 1 aromatic carbocycles. The number of benzene rings is 1. The molecule has 0 aliphatic rings. The van der Waals surface area contributed by atoms with Gasteiger partial charge in [-0.25, -0.2) is 8.78 Å². The number of hydrogen-bond donors (Lipinski definition) is 2. The fraction of sp³-hybridized carbons (Fsp3) is 0.273. The fourth-order valence-corrected chi connectivity index (χ4v) is 1.49. The molecule has 17 heavy (non-hydrogen) atoms. The molecule has 0 saturated carbocycles. The van der Waals surface area contributed by atoms with E-state index < -0.39 is 41.5 Å². The van der Waals surface area contributed by atoms with Gasteiger partial charge < -0.3 is 10.4 Å². The van der Waals surface area contributed by atoms with Crippen LogP contribution in [0.2, 0.25) is 0 Å². The van der Waals surface area contributed by atoms with Gasteiger partial charge in [0.25, 0.3) is 0 Å². The molecule has 0 bridgehead atoms. The number of aliphatic carboxylic acids is 1. The molecule has 92 valence electrons. The van der Waals surface area contributed by atoms with Gasteiger partial charge in [-0.15, -0.1) is 0 Å². The Morgan fingerprint density at radius 3 is 2.29 bits per heavy atom. The second-order valence-electron chi connectivity index (χ2n) is 3.49. The summed E-state index contributed by atoms with van der Waals surface area (Å²) in [5, 5.41) is 10.9. The number of hydrogen-bond acceptors (Lipinski definition) is 2. The van der Waals surface area contributed by atoms with Gasteiger partial charge in [-0.05, 0) is 12.1 Å². The molecule has 0 unspecified atom stereocenters. The smallest absolute Gasteiger partial charge is 0.305 e. The molecule has 0 radical (unpaired) electrons. The van der Waals surface area contributed by atoms with Crippen molar-refractivity contribution in [2.24, 2.45) is 0 Å². The second-order valence-corrected chi connectivity index (χ2v) is 3.49. The monoisotopic (exact) mass is 243 g/mol. The number of nitrogens with one attached hydrogen (secondary N) is 1. The van der Waals surface area contributed by atoms with E-state index >= 15 is 0 Å². The van der Waals surface area contributed by atoms with E-state index in [1.165, 1.54) is 6.07 Å².